The van der Waals surface area contributed by atoms with E-state index in [0.717, 1.165) is 0 Å². The lowest BCUT2D eigenvalue weighted by atomic mass is 9.74. The molecule has 14 rings (SSSR count). The zero-order valence-corrected chi connectivity index (χ0v) is 33.1. The summed E-state index contributed by atoms with van der Waals surface area (Å²) in [7, 11) is 0. The van der Waals surface area contributed by atoms with E-state index in [1.165, 1.54) is 165 Å². The molecule has 0 radical (unpaired) electrons. The van der Waals surface area contributed by atoms with Crippen LogP contribution in [0.15, 0.2) is 42.1 Å². The molecule has 2 aromatic heterocycles. The van der Waals surface area contributed by atoms with Gasteiger partial charge in [-0.1, -0.05) is 9.15 Å². The van der Waals surface area contributed by atoms with Crippen molar-refractivity contribution in [1.29, 1.82) is 0 Å². The number of rotatable bonds is 0. The first-order valence-corrected chi connectivity index (χ1v) is 20.0. The van der Waals surface area contributed by atoms with Gasteiger partial charge in [0.05, 0.1) is 32.9 Å². The number of nitrogens with zero attached hydrogens (tertiary/aromatic N) is 4. The molecule has 55 heavy (non-hydrogen) atoms. The molecule has 0 bridgehead atoms. The molecule has 1 spiro atoms. The normalized spacial score (nSPS) is 19.1. The van der Waals surface area contributed by atoms with Gasteiger partial charge in [0.25, 0.3) is 0 Å². The van der Waals surface area contributed by atoms with Crippen LogP contribution >= 0.6 is 0 Å². The van der Waals surface area contributed by atoms with Crippen molar-refractivity contribution in [1.82, 2.24) is 9.13 Å². The summed E-state index contributed by atoms with van der Waals surface area (Å²) in [5.41, 5.74) is 23.2. The smallest absolute Gasteiger partial charge is 0.199 e. The first-order chi connectivity index (χ1) is 26.5. The van der Waals surface area contributed by atoms with Gasteiger partial charge in [0.1, 0.15) is 0 Å². The summed E-state index contributed by atoms with van der Waals surface area (Å²) in [6.07, 6.45) is 14.4. The van der Waals surface area contributed by atoms with Crippen molar-refractivity contribution in [3.63, 3.8) is 0 Å². The monoisotopic (exact) mass is 708 g/mol. The Morgan fingerprint density at radius 2 is 0.964 bits per heavy atom. The Bertz CT molecular complexity index is 3790. The van der Waals surface area contributed by atoms with Gasteiger partial charge in [-0.05, 0) is 192 Å². The predicted octanol–water partition coefficient (Wildman–Crippen LogP) is 8.94. The Labute approximate surface area is 318 Å². The molecule has 0 N–H and O–H groups in total. The zero-order valence-electron chi connectivity index (χ0n) is 33.1. The van der Waals surface area contributed by atoms with Crippen LogP contribution in [0.1, 0.15) is 61.3 Å². The number of fused-ring (bicyclic) bond motifs is 5. The predicted molar refractivity (Wildman–Crippen MR) is 229 cm³/mol. The summed E-state index contributed by atoms with van der Waals surface area (Å²) in [6.45, 7) is 23.9. The van der Waals surface area contributed by atoms with E-state index in [0.29, 0.717) is 0 Å². The molecule has 8 aromatic rings. The molecule has 4 nitrogen and oxygen atoms in total. The third-order valence-corrected chi connectivity index (χ3v) is 15.7. The van der Waals surface area contributed by atoms with Crippen molar-refractivity contribution in [3.05, 3.63) is 119 Å². The standard InChI is InChI=1S/C51H40N4/c1-21-22(2)24(4)43-40(23(21)3)29(9)41-30(10)42-37-20-36-19-34-14-13-32-17-31-11-12-33-18-35-15-16-38-46(50(37)55(36)51(52(31)33,53(32)34)54(35)38)45-28(8)26(6)39-25(5)27(7)44(43)47(41)48(39)49(42)45/h11-20H,1-10H3/q+2. The Morgan fingerprint density at radius 3 is 1.71 bits per heavy atom. The number of benzene rings is 6. The summed E-state index contributed by atoms with van der Waals surface area (Å²) in [5, 5.41) is 18.4. The first-order valence-electron chi connectivity index (χ1n) is 20.0. The van der Waals surface area contributed by atoms with Crippen molar-refractivity contribution >= 4 is 95.3 Å². The van der Waals surface area contributed by atoms with Crippen LogP contribution < -0.4 is 15.9 Å². The highest BCUT2D eigenvalue weighted by Gasteiger charge is 2.70. The van der Waals surface area contributed by atoms with Gasteiger partial charge in [0.2, 0.25) is 22.8 Å². The Balaban J connectivity index is 1.32. The minimum atomic E-state index is -0.628. The molecule has 6 aliphatic rings. The number of allylic oxidation sites excluding steroid dienone is 2. The molecule has 0 fully saturated rings. The molecule has 1 atom stereocenters. The maximum atomic E-state index is 2.72. The van der Waals surface area contributed by atoms with Crippen LogP contribution in [0.3, 0.4) is 0 Å². The highest BCUT2D eigenvalue weighted by atomic mass is 15.6. The van der Waals surface area contributed by atoms with Crippen LogP contribution in [0.2, 0.25) is 0 Å². The maximum Gasteiger partial charge on any atom is 0.553 e. The number of hydrogen-bond acceptors (Lipinski definition) is 0. The molecule has 0 amide bonds. The molecule has 0 saturated heterocycles. The average Bonchev–Trinajstić information content (AvgIpc) is 3.98. The van der Waals surface area contributed by atoms with Crippen molar-refractivity contribution in [3.8, 4) is 11.3 Å². The van der Waals surface area contributed by atoms with Crippen LogP contribution in [0.5, 0.6) is 0 Å². The van der Waals surface area contributed by atoms with Gasteiger partial charge in [-0.3, -0.25) is 0 Å². The van der Waals surface area contributed by atoms with E-state index in [1.807, 2.05) is 0 Å². The molecular formula is C51H40N4+2. The quantitative estimate of drug-likeness (QED) is 0.0850. The minimum Gasteiger partial charge on any atom is -0.199 e. The van der Waals surface area contributed by atoms with Gasteiger partial charge in [0.15, 0.2) is 0 Å². The first kappa shape index (κ1) is 29.4. The van der Waals surface area contributed by atoms with E-state index in [1.54, 1.807) is 0 Å². The summed E-state index contributed by atoms with van der Waals surface area (Å²) in [5.74, 6) is -0.628. The second-order valence-corrected chi connectivity index (χ2v) is 17.6. The Hall–Kier alpha value is -6.00. The van der Waals surface area contributed by atoms with Crippen LogP contribution in [0, 0.1) is 69.2 Å². The number of aryl methyl sites for hydroxylation is 8. The van der Waals surface area contributed by atoms with Gasteiger partial charge in [-0.15, -0.1) is 0 Å². The fourth-order valence-electron chi connectivity index (χ4n) is 13.1. The van der Waals surface area contributed by atoms with Gasteiger partial charge in [-0.2, -0.15) is 9.13 Å². The largest absolute Gasteiger partial charge is 0.553 e. The third-order valence-electron chi connectivity index (χ3n) is 15.7. The SMILES string of the molecule is Cc1c(C)c(C)c2c(c1C)c(C)c1c(C)c3c4c5c(c6c(C)c(C)c7c(C)c(C)c2c1c7c63)-c1ccc2n1C13n6c(ccc6=CC(=[N+]51)C=4)=CC1=[N+]3C(=C2)C=C1. The van der Waals surface area contributed by atoms with E-state index < -0.39 is 5.91 Å². The van der Waals surface area contributed by atoms with Gasteiger partial charge < -0.3 is 0 Å². The highest BCUT2D eigenvalue weighted by Crippen LogP contribution is 2.57. The van der Waals surface area contributed by atoms with Crippen LogP contribution in [-0.2, 0) is 5.91 Å². The van der Waals surface area contributed by atoms with E-state index in [4.69, 9.17) is 0 Å². The molecule has 262 valence electrons. The third kappa shape index (κ3) is 2.62. The lowest BCUT2D eigenvalue weighted by molar-refractivity contribution is -0.823. The summed E-state index contributed by atoms with van der Waals surface area (Å²) in [4.78, 5) is 0. The fraction of sp³-hybridized carbons (Fsp3) is 0.216. The number of aromatic nitrogens is 2. The van der Waals surface area contributed by atoms with Crippen molar-refractivity contribution < 1.29 is 9.15 Å². The molecule has 6 aromatic carbocycles. The topological polar surface area (TPSA) is 15.9 Å². The van der Waals surface area contributed by atoms with Crippen LogP contribution in [-0.4, -0.2) is 29.7 Å². The average molecular weight is 709 g/mol. The Kier molecular flexibility index (Phi) is 4.51. The fourth-order valence-corrected chi connectivity index (χ4v) is 13.1. The summed E-state index contributed by atoms with van der Waals surface area (Å²) in [6, 6.07) is 9.43. The molecule has 0 aliphatic carbocycles. The van der Waals surface area contributed by atoms with Crippen LogP contribution in [0.25, 0.3) is 89.4 Å². The lowest BCUT2D eigenvalue weighted by Crippen LogP contribution is -2.69. The molecule has 0 saturated carbocycles. The zero-order chi connectivity index (χ0) is 37.2. The summed E-state index contributed by atoms with van der Waals surface area (Å²) < 4.78 is 10.6. The van der Waals surface area contributed by atoms with Gasteiger partial charge in [0, 0.05) is 47.2 Å². The minimum absolute atomic E-state index is 0.628. The molecule has 6 aliphatic heterocycles. The second kappa shape index (κ2) is 8.45. The van der Waals surface area contributed by atoms with E-state index in [-0.39, 0.29) is 0 Å². The van der Waals surface area contributed by atoms with E-state index in [9.17, 15) is 0 Å². The maximum absolute atomic E-state index is 2.72. The van der Waals surface area contributed by atoms with E-state index >= 15 is 0 Å². The highest BCUT2D eigenvalue weighted by molar-refractivity contribution is 6.41. The van der Waals surface area contributed by atoms with Crippen molar-refractivity contribution in [2.45, 2.75) is 75.1 Å². The van der Waals surface area contributed by atoms with E-state index in [2.05, 4.69) is 148 Å². The second-order valence-electron chi connectivity index (χ2n) is 17.6. The Morgan fingerprint density at radius 1 is 0.418 bits per heavy atom. The van der Waals surface area contributed by atoms with Gasteiger partial charge in [-0.25, -0.2) is 0 Å². The molecule has 4 heteroatoms. The number of hydrogen-bond donors (Lipinski definition) is 0. The molecule has 8 heterocycles. The van der Waals surface area contributed by atoms with Crippen molar-refractivity contribution in [2.75, 3.05) is 0 Å². The van der Waals surface area contributed by atoms with Crippen LogP contribution in [0.4, 0.5) is 5.69 Å². The summed E-state index contributed by atoms with van der Waals surface area (Å²) >= 11 is 0. The molecular weight excluding hydrogens is 669 g/mol. The molecule has 1 unspecified atom stereocenters. The van der Waals surface area contributed by atoms with Crippen molar-refractivity contribution in [2.24, 2.45) is 0 Å². The lowest BCUT2D eigenvalue weighted by Gasteiger charge is -2.39. The van der Waals surface area contributed by atoms with Gasteiger partial charge >= 0.3 is 5.91 Å².